The molecule has 0 atom stereocenters. The molecule has 80 valence electrons. The van der Waals surface area contributed by atoms with Gasteiger partial charge in [-0.2, -0.15) is 0 Å². The standard InChI is InChI=1S/C11H9N3O2/c1-5-2-3-7-6(4-5)8-9(12-7)13-11(16)14-10(8)15/h2-4H,1H3,(H3,12,13,14,15,16). The highest BCUT2D eigenvalue weighted by Gasteiger charge is 2.08. The van der Waals surface area contributed by atoms with E-state index in [1.807, 2.05) is 25.1 Å². The fraction of sp³-hybridized carbons (Fsp3) is 0.0909. The molecule has 0 bridgehead atoms. The van der Waals surface area contributed by atoms with E-state index in [0.29, 0.717) is 11.0 Å². The van der Waals surface area contributed by atoms with Gasteiger partial charge in [0.05, 0.1) is 5.39 Å². The molecule has 3 aromatic rings. The van der Waals surface area contributed by atoms with Gasteiger partial charge >= 0.3 is 5.69 Å². The van der Waals surface area contributed by atoms with Gasteiger partial charge in [0, 0.05) is 10.9 Å². The molecule has 16 heavy (non-hydrogen) atoms. The quantitative estimate of drug-likeness (QED) is 0.523. The number of fused-ring (bicyclic) bond motifs is 3. The van der Waals surface area contributed by atoms with Gasteiger partial charge in [-0.1, -0.05) is 11.6 Å². The van der Waals surface area contributed by atoms with Gasteiger partial charge < -0.3 is 4.98 Å². The highest BCUT2D eigenvalue weighted by atomic mass is 16.2. The summed E-state index contributed by atoms with van der Waals surface area (Å²) in [7, 11) is 0. The Balaban J connectivity index is 2.68. The van der Waals surface area contributed by atoms with Crippen LogP contribution in [0.1, 0.15) is 5.56 Å². The zero-order chi connectivity index (χ0) is 11.3. The Hall–Kier alpha value is -2.30. The van der Waals surface area contributed by atoms with E-state index in [9.17, 15) is 9.59 Å². The highest BCUT2D eigenvalue weighted by Crippen LogP contribution is 2.21. The number of rotatable bonds is 0. The molecule has 0 aliphatic carbocycles. The van der Waals surface area contributed by atoms with E-state index >= 15 is 0 Å². The third-order valence-electron chi connectivity index (χ3n) is 2.65. The average molecular weight is 215 g/mol. The van der Waals surface area contributed by atoms with Crippen molar-refractivity contribution in [2.75, 3.05) is 0 Å². The Morgan fingerprint density at radius 2 is 1.88 bits per heavy atom. The van der Waals surface area contributed by atoms with Crippen molar-refractivity contribution >= 4 is 21.9 Å². The predicted molar refractivity (Wildman–Crippen MR) is 61.8 cm³/mol. The molecule has 0 amide bonds. The van der Waals surface area contributed by atoms with Crippen LogP contribution in [0.15, 0.2) is 27.8 Å². The molecule has 0 aliphatic rings. The van der Waals surface area contributed by atoms with Crippen LogP contribution < -0.4 is 11.2 Å². The van der Waals surface area contributed by atoms with Gasteiger partial charge in [-0.15, -0.1) is 0 Å². The normalized spacial score (nSPS) is 11.3. The van der Waals surface area contributed by atoms with Gasteiger partial charge in [-0.25, -0.2) is 4.79 Å². The lowest BCUT2D eigenvalue weighted by Gasteiger charge is -1.92. The molecule has 5 heteroatoms. The second-order valence-corrected chi connectivity index (χ2v) is 3.83. The minimum Gasteiger partial charge on any atom is -0.340 e. The van der Waals surface area contributed by atoms with E-state index in [1.165, 1.54) is 0 Å². The SMILES string of the molecule is Cc1ccc2[nH]c3[nH]c(=O)[nH]c(=O)c3c2c1. The minimum atomic E-state index is -0.499. The lowest BCUT2D eigenvalue weighted by atomic mass is 10.1. The van der Waals surface area contributed by atoms with E-state index < -0.39 is 5.69 Å². The number of aromatic amines is 3. The van der Waals surface area contributed by atoms with Crippen molar-refractivity contribution in [2.45, 2.75) is 6.92 Å². The topological polar surface area (TPSA) is 81.5 Å². The number of nitrogens with one attached hydrogen (secondary N) is 3. The van der Waals surface area contributed by atoms with Crippen LogP contribution in [0.2, 0.25) is 0 Å². The second-order valence-electron chi connectivity index (χ2n) is 3.83. The first-order chi connectivity index (χ1) is 7.65. The van der Waals surface area contributed by atoms with Gasteiger partial charge in [-0.3, -0.25) is 14.8 Å². The third-order valence-corrected chi connectivity index (χ3v) is 2.65. The molecular weight excluding hydrogens is 206 g/mol. The van der Waals surface area contributed by atoms with Crippen molar-refractivity contribution in [2.24, 2.45) is 0 Å². The molecule has 5 nitrogen and oxygen atoms in total. The molecule has 1 aromatic carbocycles. The van der Waals surface area contributed by atoms with Crippen molar-refractivity contribution in [3.63, 3.8) is 0 Å². The molecule has 0 saturated carbocycles. The van der Waals surface area contributed by atoms with Gasteiger partial charge in [0.15, 0.2) is 0 Å². The summed E-state index contributed by atoms with van der Waals surface area (Å²) in [5.41, 5.74) is 1.51. The molecule has 2 aromatic heterocycles. The van der Waals surface area contributed by atoms with E-state index in [1.54, 1.807) is 0 Å². The fourth-order valence-electron chi connectivity index (χ4n) is 1.95. The first-order valence-corrected chi connectivity index (χ1v) is 4.90. The molecule has 3 N–H and O–H groups in total. The number of H-pyrrole nitrogens is 3. The predicted octanol–water partition coefficient (Wildman–Crippen LogP) is 1.01. The second kappa shape index (κ2) is 2.85. The summed E-state index contributed by atoms with van der Waals surface area (Å²) in [6.07, 6.45) is 0. The van der Waals surface area contributed by atoms with Gasteiger partial charge in [0.2, 0.25) is 0 Å². The number of hydrogen-bond acceptors (Lipinski definition) is 2. The summed E-state index contributed by atoms with van der Waals surface area (Å²) in [5, 5.41) is 1.32. The molecule has 0 saturated heterocycles. The van der Waals surface area contributed by atoms with Crippen LogP contribution in [0.3, 0.4) is 0 Å². The third kappa shape index (κ3) is 1.11. The molecule has 0 fully saturated rings. The molecule has 0 radical (unpaired) electrons. The first kappa shape index (κ1) is 8.96. The Morgan fingerprint density at radius 3 is 2.69 bits per heavy atom. The van der Waals surface area contributed by atoms with Crippen molar-refractivity contribution in [1.29, 1.82) is 0 Å². The summed E-state index contributed by atoms with van der Waals surface area (Å²) in [6.45, 7) is 1.96. The Kier molecular flexibility index (Phi) is 1.60. The maximum atomic E-state index is 11.7. The van der Waals surface area contributed by atoms with Gasteiger partial charge in [0.1, 0.15) is 5.65 Å². The minimum absolute atomic E-state index is 0.365. The van der Waals surface area contributed by atoms with Crippen LogP contribution >= 0.6 is 0 Å². The van der Waals surface area contributed by atoms with Crippen molar-refractivity contribution in [3.05, 3.63) is 44.6 Å². The summed E-state index contributed by atoms with van der Waals surface area (Å²) in [5.74, 6) is 0. The summed E-state index contributed by atoms with van der Waals surface area (Å²) in [4.78, 5) is 30.6. The molecule has 0 unspecified atom stereocenters. The van der Waals surface area contributed by atoms with Crippen LogP contribution in [-0.4, -0.2) is 15.0 Å². The van der Waals surface area contributed by atoms with Crippen LogP contribution in [0.5, 0.6) is 0 Å². The van der Waals surface area contributed by atoms with Crippen LogP contribution in [0.4, 0.5) is 0 Å². The van der Waals surface area contributed by atoms with E-state index in [0.717, 1.165) is 16.5 Å². The largest absolute Gasteiger partial charge is 0.340 e. The highest BCUT2D eigenvalue weighted by molar-refractivity contribution is 6.05. The zero-order valence-corrected chi connectivity index (χ0v) is 8.55. The fourth-order valence-corrected chi connectivity index (χ4v) is 1.95. The Bertz CT molecular complexity index is 807. The number of aryl methyl sites for hydroxylation is 1. The maximum absolute atomic E-state index is 11.7. The summed E-state index contributed by atoms with van der Waals surface area (Å²) >= 11 is 0. The monoisotopic (exact) mass is 215 g/mol. The Morgan fingerprint density at radius 1 is 1.06 bits per heavy atom. The van der Waals surface area contributed by atoms with Crippen LogP contribution in [0, 0.1) is 6.92 Å². The van der Waals surface area contributed by atoms with E-state index in [4.69, 9.17) is 0 Å². The molecule has 2 heterocycles. The lowest BCUT2D eigenvalue weighted by Crippen LogP contribution is -2.21. The summed E-state index contributed by atoms with van der Waals surface area (Å²) in [6, 6.07) is 5.76. The number of aromatic nitrogens is 3. The average Bonchev–Trinajstić information content (AvgIpc) is 2.54. The molecular formula is C11H9N3O2. The number of hydrogen-bond donors (Lipinski definition) is 3. The number of benzene rings is 1. The Labute approximate surface area is 89.1 Å². The molecule has 3 rings (SSSR count). The summed E-state index contributed by atoms with van der Waals surface area (Å²) < 4.78 is 0. The van der Waals surface area contributed by atoms with Crippen molar-refractivity contribution < 1.29 is 0 Å². The van der Waals surface area contributed by atoms with Crippen molar-refractivity contribution in [1.82, 2.24) is 15.0 Å². The molecule has 0 aliphatic heterocycles. The smallest absolute Gasteiger partial charge is 0.327 e. The van der Waals surface area contributed by atoms with Crippen molar-refractivity contribution in [3.8, 4) is 0 Å². The van der Waals surface area contributed by atoms with E-state index in [-0.39, 0.29) is 5.56 Å². The van der Waals surface area contributed by atoms with Crippen LogP contribution in [-0.2, 0) is 0 Å². The van der Waals surface area contributed by atoms with Gasteiger partial charge in [-0.05, 0) is 19.1 Å². The maximum Gasteiger partial charge on any atom is 0.327 e. The van der Waals surface area contributed by atoms with Crippen LogP contribution in [0.25, 0.3) is 21.9 Å². The van der Waals surface area contributed by atoms with Gasteiger partial charge in [0.25, 0.3) is 5.56 Å². The molecule has 0 spiro atoms. The first-order valence-electron chi connectivity index (χ1n) is 4.90. The zero-order valence-electron chi connectivity index (χ0n) is 8.55. The lowest BCUT2D eigenvalue weighted by molar-refractivity contribution is 1.07. The van der Waals surface area contributed by atoms with E-state index in [2.05, 4.69) is 15.0 Å².